The molecule has 0 bridgehead atoms. The van der Waals surface area contributed by atoms with Crippen LogP contribution in [0.3, 0.4) is 0 Å². The number of ether oxygens (including phenoxy) is 2. The van der Waals surface area contributed by atoms with Gasteiger partial charge >= 0.3 is 0 Å². The molecule has 0 aliphatic carbocycles. The molecule has 108 valence electrons. The van der Waals surface area contributed by atoms with Gasteiger partial charge in [0.1, 0.15) is 11.4 Å². The second kappa shape index (κ2) is 6.87. The maximum absolute atomic E-state index is 5.73. The number of aromatic nitrogens is 1. The lowest BCUT2D eigenvalue weighted by Gasteiger charge is -2.36. The average molecular weight is 266 g/mol. The van der Waals surface area contributed by atoms with Crippen molar-refractivity contribution in [2.45, 2.75) is 39.8 Å². The summed E-state index contributed by atoms with van der Waals surface area (Å²) in [6.07, 6.45) is 1.80. The first kappa shape index (κ1) is 15.9. The maximum Gasteiger partial charge on any atom is 0.142 e. The Bertz CT molecular complexity index is 388. The van der Waals surface area contributed by atoms with E-state index in [-0.39, 0.29) is 17.6 Å². The zero-order chi connectivity index (χ0) is 14.5. The van der Waals surface area contributed by atoms with Gasteiger partial charge in [-0.2, -0.15) is 0 Å². The normalized spacial score (nSPS) is 15.1. The number of nitrogens with zero attached hydrogens (tertiary/aromatic N) is 1. The lowest BCUT2D eigenvalue weighted by molar-refractivity contribution is -0.0131. The van der Waals surface area contributed by atoms with E-state index < -0.39 is 0 Å². The molecule has 0 saturated heterocycles. The molecule has 0 amide bonds. The van der Waals surface area contributed by atoms with E-state index >= 15 is 0 Å². The van der Waals surface area contributed by atoms with Gasteiger partial charge < -0.3 is 14.8 Å². The van der Waals surface area contributed by atoms with Gasteiger partial charge in [-0.3, -0.25) is 4.98 Å². The summed E-state index contributed by atoms with van der Waals surface area (Å²) in [5.41, 5.74) is 0.901. The fraction of sp³-hybridized carbons (Fsp3) is 0.667. The number of likely N-dealkylation sites (N-methyl/N-ethyl adjacent to an activating group) is 1. The van der Waals surface area contributed by atoms with Gasteiger partial charge in [-0.25, -0.2) is 0 Å². The highest BCUT2D eigenvalue weighted by Crippen LogP contribution is 2.34. The van der Waals surface area contributed by atoms with Crippen molar-refractivity contribution in [2.75, 3.05) is 20.8 Å². The maximum atomic E-state index is 5.73. The Morgan fingerprint density at radius 2 is 2.00 bits per heavy atom. The average Bonchev–Trinajstić information content (AvgIpc) is 2.37. The highest BCUT2D eigenvalue weighted by molar-refractivity contribution is 5.30. The van der Waals surface area contributed by atoms with Gasteiger partial charge in [0.25, 0.3) is 0 Å². The van der Waals surface area contributed by atoms with E-state index in [2.05, 4.69) is 38.0 Å². The summed E-state index contributed by atoms with van der Waals surface area (Å²) in [6.45, 7) is 9.43. The number of hydrogen-bond acceptors (Lipinski definition) is 4. The monoisotopic (exact) mass is 266 g/mol. The van der Waals surface area contributed by atoms with E-state index in [1.54, 1.807) is 20.4 Å². The molecule has 1 N–H and O–H groups in total. The molecule has 4 heteroatoms. The Hall–Kier alpha value is -1.13. The van der Waals surface area contributed by atoms with E-state index in [1.165, 1.54) is 0 Å². The molecule has 0 fully saturated rings. The lowest BCUT2D eigenvalue weighted by Crippen LogP contribution is -2.42. The number of methoxy groups -OCH3 is 2. The zero-order valence-electron chi connectivity index (χ0n) is 12.9. The molecular formula is C15H26N2O2. The molecule has 1 aromatic heterocycles. The fourth-order valence-electron chi connectivity index (χ4n) is 2.37. The minimum absolute atomic E-state index is 0.00409. The van der Waals surface area contributed by atoms with Gasteiger partial charge in [0.2, 0.25) is 0 Å². The molecule has 0 aromatic carbocycles. The van der Waals surface area contributed by atoms with Gasteiger partial charge in [0.05, 0.1) is 19.3 Å². The summed E-state index contributed by atoms with van der Waals surface area (Å²) in [6, 6.07) is 3.82. The van der Waals surface area contributed by atoms with Gasteiger partial charge in [-0.1, -0.05) is 27.7 Å². The molecule has 0 spiro atoms. The van der Waals surface area contributed by atoms with E-state index in [0.29, 0.717) is 0 Å². The van der Waals surface area contributed by atoms with Crippen LogP contribution in [0.15, 0.2) is 18.3 Å². The number of hydrogen-bond donors (Lipinski definition) is 1. The number of rotatable bonds is 6. The van der Waals surface area contributed by atoms with Crippen LogP contribution < -0.4 is 10.1 Å². The second-order valence-corrected chi connectivity index (χ2v) is 5.65. The Kier molecular flexibility index (Phi) is 5.76. The molecule has 1 heterocycles. The highest BCUT2D eigenvalue weighted by atomic mass is 16.5. The molecule has 0 aliphatic rings. The second-order valence-electron chi connectivity index (χ2n) is 5.65. The quantitative estimate of drug-likeness (QED) is 0.860. The van der Waals surface area contributed by atoms with E-state index in [9.17, 15) is 0 Å². The molecule has 2 unspecified atom stereocenters. The van der Waals surface area contributed by atoms with E-state index in [0.717, 1.165) is 18.0 Å². The molecule has 0 saturated carbocycles. The summed E-state index contributed by atoms with van der Waals surface area (Å²) < 4.78 is 11.1. The third-order valence-electron chi connectivity index (χ3n) is 3.15. The fourth-order valence-corrected chi connectivity index (χ4v) is 2.37. The van der Waals surface area contributed by atoms with Crippen molar-refractivity contribution in [2.24, 2.45) is 5.41 Å². The Morgan fingerprint density at radius 3 is 2.47 bits per heavy atom. The third-order valence-corrected chi connectivity index (χ3v) is 3.15. The predicted octanol–water partition coefficient (Wildman–Crippen LogP) is 2.80. The van der Waals surface area contributed by atoms with Crippen molar-refractivity contribution in [3.8, 4) is 5.75 Å². The van der Waals surface area contributed by atoms with Gasteiger partial charge in [0.15, 0.2) is 0 Å². The zero-order valence-corrected chi connectivity index (χ0v) is 12.9. The van der Waals surface area contributed by atoms with Crippen LogP contribution in [0.4, 0.5) is 0 Å². The smallest absolute Gasteiger partial charge is 0.142 e. The minimum Gasteiger partial charge on any atom is -0.495 e. The van der Waals surface area contributed by atoms with E-state index in [1.807, 2.05) is 12.1 Å². The minimum atomic E-state index is 0.00409. The lowest BCUT2D eigenvalue weighted by atomic mass is 9.83. The third kappa shape index (κ3) is 3.91. The van der Waals surface area contributed by atoms with Crippen LogP contribution in [0.1, 0.15) is 39.4 Å². The van der Waals surface area contributed by atoms with Crippen LogP contribution in [0.2, 0.25) is 0 Å². The summed E-state index contributed by atoms with van der Waals surface area (Å²) in [4.78, 5) is 4.48. The van der Waals surface area contributed by atoms with Crippen LogP contribution in [-0.2, 0) is 4.74 Å². The van der Waals surface area contributed by atoms with Gasteiger partial charge in [0, 0.05) is 13.3 Å². The largest absolute Gasteiger partial charge is 0.495 e. The Morgan fingerprint density at radius 1 is 1.32 bits per heavy atom. The Labute approximate surface area is 116 Å². The van der Waals surface area contributed by atoms with Crippen LogP contribution in [0.5, 0.6) is 5.75 Å². The van der Waals surface area contributed by atoms with Crippen LogP contribution in [0, 0.1) is 5.41 Å². The highest BCUT2D eigenvalue weighted by Gasteiger charge is 2.35. The van der Waals surface area contributed by atoms with Crippen molar-refractivity contribution in [1.82, 2.24) is 10.3 Å². The van der Waals surface area contributed by atoms with Gasteiger partial charge in [-0.05, 0) is 24.1 Å². The summed E-state index contributed by atoms with van der Waals surface area (Å²) in [7, 11) is 3.41. The molecule has 1 rings (SSSR count). The summed E-state index contributed by atoms with van der Waals surface area (Å²) in [5, 5.41) is 3.46. The van der Waals surface area contributed by atoms with Crippen LogP contribution in [-0.4, -0.2) is 31.9 Å². The summed E-state index contributed by atoms with van der Waals surface area (Å²) in [5.74, 6) is 0.791. The molecular weight excluding hydrogens is 240 g/mol. The molecule has 0 radical (unpaired) electrons. The number of nitrogens with one attached hydrogen (secondary N) is 1. The number of pyridine rings is 1. The SMILES string of the molecule is CCNC(c1ncccc1OC)C(OC)C(C)(C)C. The van der Waals surface area contributed by atoms with Crippen molar-refractivity contribution in [3.63, 3.8) is 0 Å². The van der Waals surface area contributed by atoms with Crippen molar-refractivity contribution < 1.29 is 9.47 Å². The topological polar surface area (TPSA) is 43.4 Å². The molecule has 0 aliphatic heterocycles. The molecule has 1 aromatic rings. The van der Waals surface area contributed by atoms with Crippen molar-refractivity contribution in [1.29, 1.82) is 0 Å². The first-order chi connectivity index (χ1) is 8.95. The van der Waals surface area contributed by atoms with Crippen molar-refractivity contribution in [3.05, 3.63) is 24.0 Å². The molecule has 4 nitrogen and oxygen atoms in total. The van der Waals surface area contributed by atoms with Crippen LogP contribution in [0.25, 0.3) is 0 Å². The van der Waals surface area contributed by atoms with Crippen molar-refractivity contribution >= 4 is 0 Å². The first-order valence-corrected chi connectivity index (χ1v) is 6.70. The predicted molar refractivity (Wildman–Crippen MR) is 77.5 cm³/mol. The summed E-state index contributed by atoms with van der Waals surface area (Å²) >= 11 is 0. The molecule has 2 atom stereocenters. The van der Waals surface area contributed by atoms with Gasteiger partial charge in [-0.15, -0.1) is 0 Å². The standard InChI is InChI=1S/C15H26N2O2/c1-7-16-13(14(19-6)15(2,3)4)12-11(18-5)9-8-10-17-12/h8-10,13-14,16H,7H2,1-6H3. The Balaban J connectivity index is 3.18. The van der Waals surface area contributed by atoms with E-state index in [4.69, 9.17) is 9.47 Å². The molecule has 19 heavy (non-hydrogen) atoms. The first-order valence-electron chi connectivity index (χ1n) is 6.70. The van der Waals surface area contributed by atoms with Crippen LogP contribution >= 0.6 is 0 Å².